The first-order chi connectivity index (χ1) is 12.3. The van der Waals surface area contributed by atoms with Crippen LogP contribution in [0.5, 0.6) is 0 Å². The van der Waals surface area contributed by atoms with Gasteiger partial charge in [0.1, 0.15) is 0 Å². The molecule has 2 aromatic carbocycles. The number of carbonyl (C=O) groups excluding carboxylic acids is 3. The molecule has 0 aromatic heterocycles. The summed E-state index contributed by atoms with van der Waals surface area (Å²) in [7, 11) is 0. The van der Waals surface area contributed by atoms with Crippen molar-refractivity contribution in [3.05, 3.63) is 58.6 Å². The van der Waals surface area contributed by atoms with E-state index in [2.05, 4.69) is 5.32 Å². The monoisotopic (exact) mass is 372 g/mol. The first-order valence-electron chi connectivity index (χ1n) is 8.23. The normalized spacial score (nSPS) is 10.3. The van der Waals surface area contributed by atoms with Crippen molar-refractivity contribution in [3.63, 3.8) is 0 Å². The van der Waals surface area contributed by atoms with Gasteiger partial charge in [-0.05, 0) is 55.8 Å². The highest BCUT2D eigenvalue weighted by Crippen LogP contribution is 2.26. The molecule has 0 bridgehead atoms. The van der Waals surface area contributed by atoms with E-state index in [1.54, 1.807) is 47.4 Å². The molecule has 26 heavy (non-hydrogen) atoms. The third-order valence-corrected chi connectivity index (χ3v) is 4.46. The van der Waals surface area contributed by atoms with Crippen molar-refractivity contribution in [1.82, 2.24) is 0 Å². The Morgan fingerprint density at radius 3 is 2.27 bits per heavy atom. The molecule has 0 atom stereocenters. The second-order valence-corrected chi connectivity index (χ2v) is 6.39. The molecule has 5 nitrogen and oxygen atoms in total. The van der Waals surface area contributed by atoms with E-state index in [1.165, 1.54) is 13.8 Å². The lowest BCUT2D eigenvalue weighted by atomic mass is 10.1. The molecule has 0 saturated heterocycles. The van der Waals surface area contributed by atoms with Gasteiger partial charge in [0.25, 0.3) is 0 Å². The van der Waals surface area contributed by atoms with Gasteiger partial charge in [-0.2, -0.15) is 0 Å². The van der Waals surface area contributed by atoms with E-state index >= 15 is 0 Å². The van der Waals surface area contributed by atoms with Crippen molar-refractivity contribution >= 4 is 40.6 Å². The largest absolute Gasteiger partial charge is 0.326 e. The lowest BCUT2D eigenvalue weighted by molar-refractivity contribution is -0.117. The van der Waals surface area contributed by atoms with Gasteiger partial charge in [-0.1, -0.05) is 17.7 Å². The molecular weight excluding hydrogens is 352 g/mol. The molecule has 0 fully saturated rings. The maximum absolute atomic E-state index is 12.2. The number of rotatable bonds is 6. The van der Waals surface area contributed by atoms with Gasteiger partial charge in [0.05, 0.1) is 0 Å². The molecule has 0 spiro atoms. The summed E-state index contributed by atoms with van der Waals surface area (Å²) < 4.78 is 0. The topological polar surface area (TPSA) is 66.5 Å². The van der Waals surface area contributed by atoms with Crippen LogP contribution in [0, 0.1) is 6.92 Å². The molecule has 2 rings (SSSR count). The minimum atomic E-state index is -0.216. The number of nitrogens with zero attached hydrogens (tertiary/aromatic N) is 1. The fourth-order valence-corrected chi connectivity index (χ4v) is 2.73. The fraction of sp³-hybridized carbons (Fsp3) is 0.250. The summed E-state index contributed by atoms with van der Waals surface area (Å²) in [6.45, 7) is 5.03. The second kappa shape index (κ2) is 8.63. The molecule has 0 unspecified atom stereocenters. The molecule has 6 heteroatoms. The standard InChI is InChI=1S/C20H21ClN2O3/c1-13-18(21)5-4-6-19(13)23(15(3)25)12-11-20(26)22-17-9-7-16(8-10-17)14(2)24/h4-10H,11-12H2,1-3H3,(H,22,26). The highest BCUT2D eigenvalue weighted by Gasteiger charge is 2.16. The van der Waals surface area contributed by atoms with Crippen molar-refractivity contribution in [3.8, 4) is 0 Å². The maximum atomic E-state index is 12.2. The molecule has 1 N–H and O–H groups in total. The zero-order valence-electron chi connectivity index (χ0n) is 15.0. The van der Waals surface area contributed by atoms with Crippen molar-refractivity contribution in [2.45, 2.75) is 27.2 Å². The zero-order chi connectivity index (χ0) is 19.3. The summed E-state index contributed by atoms with van der Waals surface area (Å²) in [5, 5.41) is 3.34. The number of anilines is 2. The first-order valence-corrected chi connectivity index (χ1v) is 8.61. The van der Waals surface area contributed by atoms with E-state index < -0.39 is 0 Å². The Bertz CT molecular complexity index is 831. The van der Waals surface area contributed by atoms with Crippen LogP contribution in [0.1, 0.15) is 36.2 Å². The van der Waals surface area contributed by atoms with Crippen LogP contribution in [-0.2, 0) is 9.59 Å². The summed E-state index contributed by atoms with van der Waals surface area (Å²) in [4.78, 5) is 37.0. The number of ketones is 1. The second-order valence-electron chi connectivity index (χ2n) is 5.99. The van der Waals surface area contributed by atoms with Gasteiger partial charge in [0.2, 0.25) is 11.8 Å². The lowest BCUT2D eigenvalue weighted by Crippen LogP contribution is -2.32. The van der Waals surface area contributed by atoms with Crippen molar-refractivity contribution < 1.29 is 14.4 Å². The molecule has 0 aliphatic carbocycles. The van der Waals surface area contributed by atoms with Crippen LogP contribution in [0.2, 0.25) is 5.02 Å². The summed E-state index contributed by atoms with van der Waals surface area (Å²) in [6.07, 6.45) is 0.139. The van der Waals surface area contributed by atoms with Gasteiger partial charge >= 0.3 is 0 Å². The zero-order valence-corrected chi connectivity index (χ0v) is 15.8. The van der Waals surface area contributed by atoms with Crippen LogP contribution in [-0.4, -0.2) is 24.1 Å². The summed E-state index contributed by atoms with van der Waals surface area (Å²) in [5.74, 6) is -0.405. The van der Waals surface area contributed by atoms with E-state index in [0.29, 0.717) is 22.0 Å². The first kappa shape index (κ1) is 19.7. The third-order valence-electron chi connectivity index (χ3n) is 4.05. The van der Waals surface area contributed by atoms with Gasteiger partial charge in [0, 0.05) is 41.9 Å². The third kappa shape index (κ3) is 4.92. The quantitative estimate of drug-likeness (QED) is 0.771. The Morgan fingerprint density at radius 1 is 1.04 bits per heavy atom. The highest BCUT2D eigenvalue weighted by atomic mass is 35.5. The Balaban J connectivity index is 2.02. The van der Waals surface area contributed by atoms with Gasteiger partial charge in [0.15, 0.2) is 5.78 Å². The van der Waals surface area contributed by atoms with Gasteiger partial charge in [-0.15, -0.1) is 0 Å². The summed E-state index contributed by atoms with van der Waals surface area (Å²) >= 11 is 6.13. The lowest BCUT2D eigenvalue weighted by Gasteiger charge is -2.23. The number of hydrogen-bond donors (Lipinski definition) is 1. The molecule has 0 saturated carbocycles. The molecule has 2 amide bonds. The Morgan fingerprint density at radius 2 is 1.69 bits per heavy atom. The van der Waals surface area contributed by atoms with E-state index in [0.717, 1.165) is 5.56 Å². The minimum Gasteiger partial charge on any atom is -0.326 e. The smallest absolute Gasteiger partial charge is 0.226 e. The fourth-order valence-electron chi connectivity index (χ4n) is 2.56. The maximum Gasteiger partial charge on any atom is 0.226 e. The van der Waals surface area contributed by atoms with Crippen LogP contribution < -0.4 is 10.2 Å². The number of benzene rings is 2. The molecule has 0 aliphatic heterocycles. The van der Waals surface area contributed by atoms with Crippen molar-refractivity contribution in [2.24, 2.45) is 0 Å². The SMILES string of the molecule is CC(=O)c1ccc(NC(=O)CCN(C(C)=O)c2cccc(Cl)c2C)cc1. The molecule has 0 radical (unpaired) electrons. The predicted molar refractivity (Wildman–Crippen MR) is 104 cm³/mol. The van der Waals surface area contributed by atoms with E-state index in [-0.39, 0.29) is 30.6 Å². The number of nitrogens with one attached hydrogen (secondary N) is 1. The molecule has 0 heterocycles. The molecule has 0 aliphatic rings. The molecule has 2 aromatic rings. The average molecular weight is 373 g/mol. The van der Waals surface area contributed by atoms with Gasteiger partial charge in [-0.3, -0.25) is 14.4 Å². The van der Waals surface area contributed by atoms with Crippen LogP contribution in [0.4, 0.5) is 11.4 Å². The Hall–Kier alpha value is -2.66. The number of halogens is 1. The minimum absolute atomic E-state index is 0.0307. The van der Waals surface area contributed by atoms with E-state index in [1.807, 2.05) is 6.92 Å². The van der Waals surface area contributed by atoms with Gasteiger partial charge < -0.3 is 10.2 Å². The average Bonchev–Trinajstić information content (AvgIpc) is 2.58. The number of carbonyl (C=O) groups is 3. The number of hydrogen-bond acceptors (Lipinski definition) is 3. The summed E-state index contributed by atoms with van der Waals surface area (Å²) in [6, 6.07) is 12.0. The Kier molecular flexibility index (Phi) is 6.52. The number of Topliss-reactive ketones (excluding diaryl/α,β-unsaturated/α-hetero) is 1. The Labute approximate surface area is 158 Å². The predicted octanol–water partition coefficient (Wildman–Crippen LogP) is 4.23. The van der Waals surface area contributed by atoms with Crippen LogP contribution in [0.3, 0.4) is 0 Å². The highest BCUT2D eigenvalue weighted by molar-refractivity contribution is 6.31. The molecular formula is C20H21ClN2O3. The van der Waals surface area contributed by atoms with Crippen molar-refractivity contribution in [1.29, 1.82) is 0 Å². The summed E-state index contributed by atoms with van der Waals surface area (Å²) in [5.41, 5.74) is 2.68. The van der Waals surface area contributed by atoms with E-state index in [4.69, 9.17) is 11.6 Å². The number of amides is 2. The molecule has 136 valence electrons. The van der Waals surface area contributed by atoms with E-state index in [9.17, 15) is 14.4 Å². The van der Waals surface area contributed by atoms with Crippen molar-refractivity contribution in [2.75, 3.05) is 16.8 Å². The van der Waals surface area contributed by atoms with Crippen LogP contribution in [0.15, 0.2) is 42.5 Å². The van der Waals surface area contributed by atoms with Crippen LogP contribution in [0.25, 0.3) is 0 Å². The van der Waals surface area contributed by atoms with Crippen LogP contribution >= 0.6 is 11.6 Å². The van der Waals surface area contributed by atoms with Gasteiger partial charge in [-0.25, -0.2) is 0 Å².